The van der Waals surface area contributed by atoms with Gasteiger partial charge in [0.25, 0.3) is 0 Å². The minimum atomic E-state index is 0.529. The Kier molecular flexibility index (Phi) is 2.82. The maximum absolute atomic E-state index is 3.46. The Labute approximate surface area is 76.9 Å². The highest BCUT2D eigenvalue weighted by atomic mass is 14.9. The van der Waals surface area contributed by atoms with Gasteiger partial charge in [-0.05, 0) is 30.2 Å². The number of rotatable bonds is 3. The van der Waals surface area contributed by atoms with Gasteiger partial charge in [-0.25, -0.2) is 0 Å². The van der Waals surface area contributed by atoms with Gasteiger partial charge in [-0.1, -0.05) is 34.1 Å². The van der Waals surface area contributed by atoms with E-state index in [0.29, 0.717) is 10.8 Å². The fourth-order valence-electron chi connectivity index (χ4n) is 2.30. The van der Waals surface area contributed by atoms with Crippen LogP contribution in [0, 0.1) is 10.8 Å². The summed E-state index contributed by atoms with van der Waals surface area (Å²) < 4.78 is 0. The van der Waals surface area contributed by atoms with E-state index in [0.717, 1.165) is 0 Å². The van der Waals surface area contributed by atoms with Crippen LogP contribution >= 0.6 is 0 Å². The molecular formula is C11H23N. The molecule has 12 heavy (non-hydrogen) atoms. The van der Waals surface area contributed by atoms with E-state index in [4.69, 9.17) is 0 Å². The largest absolute Gasteiger partial charge is 0.316 e. The van der Waals surface area contributed by atoms with Crippen LogP contribution in [-0.4, -0.2) is 13.1 Å². The predicted octanol–water partition coefficient (Wildman–Crippen LogP) is 2.81. The summed E-state index contributed by atoms with van der Waals surface area (Å²) in [6.45, 7) is 11.9. The molecule has 1 heterocycles. The smallest absolute Gasteiger partial charge is 0.000584 e. The molecule has 72 valence electrons. The van der Waals surface area contributed by atoms with Crippen molar-refractivity contribution in [3.63, 3.8) is 0 Å². The van der Waals surface area contributed by atoms with Crippen LogP contribution in [0.2, 0.25) is 0 Å². The van der Waals surface area contributed by atoms with Crippen molar-refractivity contribution in [3.05, 3.63) is 0 Å². The molecule has 0 saturated carbocycles. The second kappa shape index (κ2) is 3.37. The lowest BCUT2D eigenvalue weighted by Gasteiger charge is -2.33. The van der Waals surface area contributed by atoms with E-state index in [1.807, 2.05) is 0 Å². The van der Waals surface area contributed by atoms with Crippen molar-refractivity contribution in [2.24, 2.45) is 10.8 Å². The predicted molar refractivity (Wildman–Crippen MR) is 54.3 cm³/mol. The van der Waals surface area contributed by atoms with Crippen LogP contribution in [-0.2, 0) is 0 Å². The van der Waals surface area contributed by atoms with Gasteiger partial charge in [-0.3, -0.25) is 0 Å². The van der Waals surface area contributed by atoms with E-state index in [1.54, 1.807) is 0 Å². The standard InChI is InChI=1S/C11H23N/c1-5-10(2,3)8-11(4)6-7-12-9-11/h12H,5-9H2,1-4H3. The van der Waals surface area contributed by atoms with Crippen LogP contribution < -0.4 is 5.32 Å². The average Bonchev–Trinajstić information content (AvgIpc) is 2.35. The van der Waals surface area contributed by atoms with Gasteiger partial charge in [-0.15, -0.1) is 0 Å². The Bertz CT molecular complexity index is 143. The number of hydrogen-bond acceptors (Lipinski definition) is 1. The Morgan fingerprint density at radius 1 is 1.42 bits per heavy atom. The lowest BCUT2D eigenvalue weighted by molar-refractivity contribution is 0.188. The Balaban J connectivity index is 2.48. The molecular weight excluding hydrogens is 146 g/mol. The number of hydrogen-bond donors (Lipinski definition) is 1. The summed E-state index contributed by atoms with van der Waals surface area (Å²) in [5.41, 5.74) is 1.10. The molecule has 1 fully saturated rings. The molecule has 1 heteroatoms. The van der Waals surface area contributed by atoms with E-state index < -0.39 is 0 Å². The van der Waals surface area contributed by atoms with Gasteiger partial charge < -0.3 is 5.32 Å². The van der Waals surface area contributed by atoms with Crippen LogP contribution in [0.3, 0.4) is 0 Å². The van der Waals surface area contributed by atoms with Crippen molar-refractivity contribution in [2.45, 2.75) is 47.0 Å². The van der Waals surface area contributed by atoms with Gasteiger partial charge in [0, 0.05) is 6.54 Å². The molecule has 0 aromatic carbocycles. The van der Waals surface area contributed by atoms with Crippen molar-refractivity contribution < 1.29 is 0 Å². The van der Waals surface area contributed by atoms with E-state index in [9.17, 15) is 0 Å². The van der Waals surface area contributed by atoms with Crippen LogP contribution in [0.25, 0.3) is 0 Å². The lowest BCUT2D eigenvalue weighted by atomic mass is 9.72. The van der Waals surface area contributed by atoms with E-state index in [1.165, 1.54) is 32.4 Å². The molecule has 0 aliphatic carbocycles. The maximum atomic E-state index is 3.46. The first-order valence-electron chi connectivity index (χ1n) is 5.18. The van der Waals surface area contributed by atoms with Crippen LogP contribution in [0.1, 0.15) is 47.0 Å². The molecule has 1 unspecified atom stereocenters. The topological polar surface area (TPSA) is 12.0 Å². The first-order valence-corrected chi connectivity index (χ1v) is 5.18. The molecule has 1 nitrogen and oxygen atoms in total. The fourth-order valence-corrected chi connectivity index (χ4v) is 2.30. The number of nitrogens with one attached hydrogen (secondary N) is 1. The summed E-state index contributed by atoms with van der Waals surface area (Å²) in [7, 11) is 0. The van der Waals surface area contributed by atoms with Gasteiger partial charge in [-0.2, -0.15) is 0 Å². The Morgan fingerprint density at radius 3 is 2.50 bits per heavy atom. The first-order chi connectivity index (χ1) is 5.47. The molecule has 0 aromatic heterocycles. The maximum Gasteiger partial charge on any atom is 0.000584 e. The summed E-state index contributed by atoms with van der Waals surface area (Å²) >= 11 is 0. The zero-order valence-corrected chi connectivity index (χ0v) is 9.04. The van der Waals surface area contributed by atoms with E-state index in [2.05, 4.69) is 33.0 Å². The molecule has 0 spiro atoms. The van der Waals surface area contributed by atoms with Gasteiger partial charge in [0.05, 0.1) is 0 Å². The van der Waals surface area contributed by atoms with Gasteiger partial charge >= 0.3 is 0 Å². The summed E-state index contributed by atoms with van der Waals surface area (Å²) in [6.07, 6.45) is 4.02. The van der Waals surface area contributed by atoms with E-state index >= 15 is 0 Å². The molecule has 0 amide bonds. The molecule has 1 saturated heterocycles. The average molecular weight is 169 g/mol. The third kappa shape index (κ3) is 2.48. The Morgan fingerprint density at radius 2 is 2.08 bits per heavy atom. The molecule has 1 atom stereocenters. The lowest BCUT2D eigenvalue weighted by Crippen LogP contribution is -2.27. The molecule has 0 bridgehead atoms. The second-order valence-electron chi connectivity index (χ2n) is 5.43. The molecule has 1 aliphatic heterocycles. The highest BCUT2D eigenvalue weighted by Gasteiger charge is 2.33. The highest BCUT2D eigenvalue weighted by molar-refractivity contribution is 4.88. The quantitative estimate of drug-likeness (QED) is 0.685. The fraction of sp³-hybridized carbons (Fsp3) is 1.00. The summed E-state index contributed by atoms with van der Waals surface area (Å²) in [6, 6.07) is 0. The van der Waals surface area contributed by atoms with Crippen LogP contribution in [0.4, 0.5) is 0 Å². The molecule has 1 rings (SSSR count). The van der Waals surface area contributed by atoms with Crippen molar-refractivity contribution in [1.82, 2.24) is 5.32 Å². The van der Waals surface area contributed by atoms with Crippen LogP contribution in [0.15, 0.2) is 0 Å². The zero-order valence-electron chi connectivity index (χ0n) is 9.04. The first kappa shape index (κ1) is 10.0. The van der Waals surface area contributed by atoms with Crippen LogP contribution in [0.5, 0.6) is 0 Å². The monoisotopic (exact) mass is 169 g/mol. The Hall–Kier alpha value is -0.0400. The third-order valence-electron chi connectivity index (χ3n) is 3.32. The van der Waals surface area contributed by atoms with Crippen molar-refractivity contribution in [3.8, 4) is 0 Å². The summed E-state index contributed by atoms with van der Waals surface area (Å²) in [5.74, 6) is 0. The van der Waals surface area contributed by atoms with Crippen molar-refractivity contribution in [2.75, 3.05) is 13.1 Å². The molecule has 1 aliphatic rings. The van der Waals surface area contributed by atoms with Gasteiger partial charge in [0.15, 0.2) is 0 Å². The van der Waals surface area contributed by atoms with Gasteiger partial charge in [0.1, 0.15) is 0 Å². The summed E-state index contributed by atoms with van der Waals surface area (Å²) in [5, 5.41) is 3.46. The highest BCUT2D eigenvalue weighted by Crippen LogP contribution is 2.39. The minimum absolute atomic E-state index is 0.529. The second-order valence-corrected chi connectivity index (χ2v) is 5.43. The molecule has 1 N–H and O–H groups in total. The van der Waals surface area contributed by atoms with Crippen molar-refractivity contribution >= 4 is 0 Å². The zero-order chi connectivity index (χ0) is 9.24. The molecule has 0 radical (unpaired) electrons. The molecule has 0 aromatic rings. The SMILES string of the molecule is CCC(C)(C)CC1(C)CCNC1. The van der Waals surface area contributed by atoms with Crippen molar-refractivity contribution in [1.29, 1.82) is 0 Å². The minimum Gasteiger partial charge on any atom is -0.316 e. The summed E-state index contributed by atoms with van der Waals surface area (Å²) in [4.78, 5) is 0. The van der Waals surface area contributed by atoms with E-state index in [-0.39, 0.29) is 0 Å². The third-order valence-corrected chi connectivity index (χ3v) is 3.32. The van der Waals surface area contributed by atoms with Gasteiger partial charge in [0.2, 0.25) is 0 Å². The normalized spacial score (nSPS) is 31.0.